The normalized spacial score (nSPS) is 23.7. The van der Waals surface area contributed by atoms with Crippen molar-refractivity contribution in [2.45, 2.75) is 45.6 Å². The molecule has 1 aliphatic rings. The van der Waals surface area contributed by atoms with Gasteiger partial charge in [-0.2, -0.15) is 0 Å². The summed E-state index contributed by atoms with van der Waals surface area (Å²) >= 11 is 0. The molecule has 0 aromatic carbocycles. The molecule has 2 atom stereocenters. The van der Waals surface area contributed by atoms with Crippen molar-refractivity contribution >= 4 is 5.78 Å². The molecule has 88 valence electrons. The van der Waals surface area contributed by atoms with Crippen LogP contribution in [0.5, 0.6) is 0 Å². The number of carbonyl (C=O) groups excluding carboxylic acids is 1. The van der Waals surface area contributed by atoms with Crippen molar-refractivity contribution in [3.63, 3.8) is 0 Å². The lowest BCUT2D eigenvalue weighted by Crippen LogP contribution is -2.39. The maximum Gasteiger partial charge on any atom is 0.135 e. The SMILES string of the molecule is CCCC(C)CC(=O)CC1CNCCO1. The molecule has 3 heteroatoms. The molecule has 0 saturated carbocycles. The second kappa shape index (κ2) is 6.96. The van der Waals surface area contributed by atoms with Crippen LogP contribution in [0, 0.1) is 5.92 Å². The predicted molar refractivity (Wildman–Crippen MR) is 60.9 cm³/mol. The van der Waals surface area contributed by atoms with E-state index >= 15 is 0 Å². The summed E-state index contributed by atoms with van der Waals surface area (Å²) in [4.78, 5) is 11.7. The fraction of sp³-hybridized carbons (Fsp3) is 0.917. The topological polar surface area (TPSA) is 38.3 Å². The molecule has 3 nitrogen and oxygen atoms in total. The second-order valence-corrected chi connectivity index (χ2v) is 4.54. The van der Waals surface area contributed by atoms with Crippen LogP contribution in [-0.4, -0.2) is 31.6 Å². The minimum Gasteiger partial charge on any atom is -0.375 e. The van der Waals surface area contributed by atoms with Gasteiger partial charge in [-0.3, -0.25) is 4.79 Å². The van der Waals surface area contributed by atoms with Crippen LogP contribution in [0.4, 0.5) is 0 Å². The number of Topliss-reactive ketones (excluding diaryl/α,β-unsaturated/α-hetero) is 1. The Morgan fingerprint density at radius 3 is 3.00 bits per heavy atom. The van der Waals surface area contributed by atoms with Gasteiger partial charge in [-0.15, -0.1) is 0 Å². The van der Waals surface area contributed by atoms with Gasteiger partial charge in [0.2, 0.25) is 0 Å². The molecular weight excluding hydrogens is 190 g/mol. The van der Waals surface area contributed by atoms with Crippen LogP contribution in [-0.2, 0) is 9.53 Å². The van der Waals surface area contributed by atoms with Crippen molar-refractivity contribution in [2.24, 2.45) is 5.92 Å². The molecule has 0 aliphatic carbocycles. The van der Waals surface area contributed by atoms with E-state index in [4.69, 9.17) is 4.74 Å². The highest BCUT2D eigenvalue weighted by atomic mass is 16.5. The molecule has 0 aromatic heterocycles. The minimum absolute atomic E-state index is 0.111. The smallest absolute Gasteiger partial charge is 0.135 e. The van der Waals surface area contributed by atoms with Gasteiger partial charge in [-0.05, 0) is 5.92 Å². The Morgan fingerprint density at radius 2 is 2.40 bits per heavy atom. The fourth-order valence-electron chi connectivity index (χ4n) is 2.07. The number of nitrogens with one attached hydrogen (secondary N) is 1. The maximum absolute atomic E-state index is 11.7. The van der Waals surface area contributed by atoms with E-state index in [-0.39, 0.29) is 6.10 Å². The average molecular weight is 213 g/mol. The maximum atomic E-state index is 11.7. The average Bonchev–Trinajstić information content (AvgIpc) is 2.19. The van der Waals surface area contributed by atoms with Gasteiger partial charge in [0.05, 0.1) is 12.7 Å². The summed E-state index contributed by atoms with van der Waals surface area (Å²) in [6.45, 7) is 6.80. The molecule has 1 saturated heterocycles. The first-order chi connectivity index (χ1) is 7.22. The van der Waals surface area contributed by atoms with E-state index in [1.165, 1.54) is 0 Å². The molecule has 2 unspecified atom stereocenters. The summed E-state index contributed by atoms with van der Waals surface area (Å²) in [5.41, 5.74) is 0. The van der Waals surface area contributed by atoms with Crippen LogP contribution in [0.2, 0.25) is 0 Å². The summed E-state index contributed by atoms with van der Waals surface area (Å²) in [7, 11) is 0. The van der Waals surface area contributed by atoms with Crippen molar-refractivity contribution in [3.8, 4) is 0 Å². The highest BCUT2D eigenvalue weighted by molar-refractivity contribution is 5.79. The lowest BCUT2D eigenvalue weighted by atomic mass is 9.97. The second-order valence-electron chi connectivity index (χ2n) is 4.54. The fourth-order valence-corrected chi connectivity index (χ4v) is 2.07. The minimum atomic E-state index is 0.111. The first kappa shape index (κ1) is 12.7. The summed E-state index contributed by atoms with van der Waals surface area (Å²) in [6, 6.07) is 0. The van der Waals surface area contributed by atoms with Crippen LogP contribution in [0.1, 0.15) is 39.5 Å². The Hall–Kier alpha value is -0.410. The molecule has 1 aliphatic heterocycles. The molecule has 0 aromatic rings. The van der Waals surface area contributed by atoms with Gasteiger partial charge in [-0.1, -0.05) is 26.7 Å². The number of ether oxygens (including phenoxy) is 1. The van der Waals surface area contributed by atoms with Crippen LogP contribution >= 0.6 is 0 Å². The Bertz CT molecular complexity index is 188. The van der Waals surface area contributed by atoms with Crippen LogP contribution in [0.25, 0.3) is 0 Å². The van der Waals surface area contributed by atoms with Gasteiger partial charge in [0, 0.05) is 25.9 Å². The van der Waals surface area contributed by atoms with Crippen LogP contribution in [0.15, 0.2) is 0 Å². The van der Waals surface area contributed by atoms with Crippen molar-refractivity contribution < 1.29 is 9.53 Å². The Balaban J connectivity index is 2.16. The van der Waals surface area contributed by atoms with Gasteiger partial charge >= 0.3 is 0 Å². The van der Waals surface area contributed by atoms with E-state index < -0.39 is 0 Å². The van der Waals surface area contributed by atoms with Crippen molar-refractivity contribution in [3.05, 3.63) is 0 Å². The largest absolute Gasteiger partial charge is 0.375 e. The van der Waals surface area contributed by atoms with Gasteiger partial charge in [0.25, 0.3) is 0 Å². The number of rotatable bonds is 6. The summed E-state index contributed by atoms with van der Waals surface area (Å²) in [5.74, 6) is 0.878. The van der Waals surface area contributed by atoms with Crippen LogP contribution < -0.4 is 5.32 Å². The lowest BCUT2D eigenvalue weighted by Gasteiger charge is -2.23. The number of ketones is 1. The zero-order valence-electron chi connectivity index (χ0n) is 9.92. The molecular formula is C12H23NO2. The molecule has 15 heavy (non-hydrogen) atoms. The van der Waals surface area contributed by atoms with E-state index in [0.29, 0.717) is 24.5 Å². The molecule has 1 heterocycles. The Kier molecular flexibility index (Phi) is 5.88. The Morgan fingerprint density at radius 1 is 1.60 bits per heavy atom. The number of hydrogen-bond donors (Lipinski definition) is 1. The molecule has 1 rings (SSSR count). The van der Waals surface area contributed by atoms with Gasteiger partial charge in [0.15, 0.2) is 0 Å². The monoisotopic (exact) mass is 213 g/mol. The van der Waals surface area contributed by atoms with Gasteiger partial charge in [0.1, 0.15) is 5.78 Å². The van der Waals surface area contributed by atoms with Crippen molar-refractivity contribution in [2.75, 3.05) is 19.7 Å². The molecule has 0 spiro atoms. The molecule has 1 fully saturated rings. The quantitative estimate of drug-likeness (QED) is 0.730. The summed E-state index contributed by atoms with van der Waals surface area (Å²) in [5, 5.41) is 3.24. The number of carbonyl (C=O) groups is 1. The zero-order chi connectivity index (χ0) is 11.1. The number of hydrogen-bond acceptors (Lipinski definition) is 3. The standard InChI is InChI=1S/C12H23NO2/c1-3-4-10(2)7-11(14)8-12-9-13-5-6-15-12/h10,12-13H,3-9H2,1-2H3. The molecule has 0 bridgehead atoms. The van der Waals surface area contributed by atoms with E-state index in [1.807, 2.05) is 0 Å². The van der Waals surface area contributed by atoms with E-state index in [1.54, 1.807) is 0 Å². The highest BCUT2D eigenvalue weighted by Crippen LogP contribution is 2.13. The molecule has 1 N–H and O–H groups in total. The summed E-state index contributed by atoms with van der Waals surface area (Å²) in [6.07, 6.45) is 3.72. The third-order valence-corrected chi connectivity index (χ3v) is 2.82. The lowest BCUT2D eigenvalue weighted by molar-refractivity contribution is -0.123. The highest BCUT2D eigenvalue weighted by Gasteiger charge is 2.18. The van der Waals surface area contributed by atoms with Crippen LogP contribution in [0.3, 0.4) is 0 Å². The number of morpholine rings is 1. The summed E-state index contributed by atoms with van der Waals surface area (Å²) < 4.78 is 5.51. The first-order valence-corrected chi connectivity index (χ1v) is 6.06. The van der Waals surface area contributed by atoms with E-state index in [2.05, 4.69) is 19.2 Å². The van der Waals surface area contributed by atoms with Crippen molar-refractivity contribution in [1.82, 2.24) is 5.32 Å². The van der Waals surface area contributed by atoms with E-state index in [0.717, 1.165) is 32.5 Å². The third kappa shape index (κ3) is 5.28. The zero-order valence-corrected chi connectivity index (χ0v) is 9.92. The Labute approximate surface area is 92.6 Å². The van der Waals surface area contributed by atoms with E-state index in [9.17, 15) is 4.79 Å². The third-order valence-electron chi connectivity index (χ3n) is 2.82. The molecule has 0 radical (unpaired) electrons. The molecule has 0 amide bonds. The first-order valence-electron chi connectivity index (χ1n) is 6.06. The van der Waals surface area contributed by atoms with Crippen molar-refractivity contribution in [1.29, 1.82) is 0 Å². The van der Waals surface area contributed by atoms with Gasteiger partial charge in [-0.25, -0.2) is 0 Å². The predicted octanol–water partition coefficient (Wildman–Crippen LogP) is 1.76. The van der Waals surface area contributed by atoms with Gasteiger partial charge < -0.3 is 10.1 Å².